The van der Waals surface area contributed by atoms with Crippen molar-refractivity contribution in [1.82, 2.24) is 14.3 Å². The second-order valence-corrected chi connectivity index (χ2v) is 7.69. The Morgan fingerprint density at radius 2 is 2.08 bits per heavy atom. The molecule has 1 aliphatic heterocycles. The van der Waals surface area contributed by atoms with Crippen LogP contribution in [0.2, 0.25) is 0 Å². The number of H-pyrrole nitrogens is 1. The maximum absolute atomic E-state index is 12.7. The van der Waals surface area contributed by atoms with Gasteiger partial charge in [-0.2, -0.15) is 4.31 Å². The summed E-state index contributed by atoms with van der Waals surface area (Å²) in [5, 5.41) is 19.7. The van der Waals surface area contributed by atoms with Crippen molar-refractivity contribution in [3.8, 4) is 0 Å². The highest BCUT2D eigenvalue weighted by Gasteiger charge is 2.32. The fraction of sp³-hybridized carbons (Fsp3) is 0.500. The highest BCUT2D eigenvalue weighted by atomic mass is 32.2. The van der Waals surface area contributed by atoms with E-state index in [0.29, 0.717) is 43.8 Å². The van der Waals surface area contributed by atoms with Gasteiger partial charge in [-0.05, 0) is 31.2 Å². The molecular weight excluding hydrogens is 336 g/mol. The number of aliphatic hydroxyl groups is 1. The SMILES string of the molecule is O=[N+]([O-])c1cccc2[nH]c(S(=O)(=O)N3CCC(CCO)CC3)nc12. The molecule has 0 amide bonds. The lowest BCUT2D eigenvalue weighted by Gasteiger charge is -2.30. The molecule has 0 atom stereocenters. The summed E-state index contributed by atoms with van der Waals surface area (Å²) in [5.41, 5.74) is 0.126. The monoisotopic (exact) mass is 354 g/mol. The summed E-state index contributed by atoms with van der Waals surface area (Å²) in [6.45, 7) is 0.808. The molecule has 2 aromatic rings. The maximum Gasteiger partial charge on any atom is 0.297 e. The number of non-ortho nitro benzene ring substituents is 1. The molecular formula is C14H18N4O5S. The van der Waals surface area contributed by atoms with Crippen LogP contribution >= 0.6 is 0 Å². The number of imidazole rings is 1. The van der Waals surface area contributed by atoms with Crippen molar-refractivity contribution in [3.05, 3.63) is 28.3 Å². The quantitative estimate of drug-likeness (QED) is 0.614. The number of rotatable bonds is 5. The number of nitro groups is 1. The van der Waals surface area contributed by atoms with Crippen LogP contribution in [0.25, 0.3) is 11.0 Å². The number of fused-ring (bicyclic) bond motifs is 1. The normalized spacial score (nSPS) is 17.4. The van der Waals surface area contributed by atoms with E-state index in [1.165, 1.54) is 16.4 Å². The van der Waals surface area contributed by atoms with Crippen molar-refractivity contribution in [1.29, 1.82) is 0 Å². The van der Waals surface area contributed by atoms with E-state index in [1.807, 2.05) is 0 Å². The fourth-order valence-electron chi connectivity index (χ4n) is 3.01. The zero-order chi connectivity index (χ0) is 17.3. The van der Waals surface area contributed by atoms with Gasteiger partial charge in [0.1, 0.15) is 0 Å². The van der Waals surface area contributed by atoms with Crippen molar-refractivity contribution >= 4 is 26.7 Å². The Morgan fingerprint density at radius 3 is 2.71 bits per heavy atom. The van der Waals surface area contributed by atoms with Crippen LogP contribution in [0, 0.1) is 16.0 Å². The molecule has 1 saturated heterocycles. The molecule has 1 aromatic heterocycles. The number of benzene rings is 1. The molecule has 0 aliphatic carbocycles. The standard InChI is InChI=1S/C14H18N4O5S/c19-9-6-10-4-7-17(8-5-10)24(22,23)14-15-11-2-1-3-12(18(20)21)13(11)16-14/h1-3,10,19H,4-9H2,(H,15,16). The second kappa shape index (κ2) is 6.46. The summed E-state index contributed by atoms with van der Waals surface area (Å²) in [5.74, 6) is 0.318. The van der Waals surface area contributed by atoms with E-state index in [4.69, 9.17) is 5.11 Å². The van der Waals surface area contributed by atoms with Crippen LogP contribution in [0.3, 0.4) is 0 Å². The van der Waals surface area contributed by atoms with E-state index in [0.717, 1.165) is 0 Å². The van der Waals surface area contributed by atoms with E-state index in [1.54, 1.807) is 6.07 Å². The first-order valence-electron chi connectivity index (χ1n) is 7.67. The van der Waals surface area contributed by atoms with Crippen LogP contribution in [0.4, 0.5) is 5.69 Å². The van der Waals surface area contributed by atoms with Gasteiger partial charge in [-0.15, -0.1) is 0 Å². The van der Waals surface area contributed by atoms with Gasteiger partial charge in [-0.3, -0.25) is 10.1 Å². The van der Waals surface area contributed by atoms with Gasteiger partial charge in [0.25, 0.3) is 15.7 Å². The molecule has 0 radical (unpaired) electrons. The fourth-order valence-corrected chi connectivity index (χ4v) is 4.39. The van der Waals surface area contributed by atoms with Crippen molar-refractivity contribution in [2.45, 2.75) is 24.4 Å². The lowest BCUT2D eigenvalue weighted by atomic mass is 9.95. The molecule has 3 rings (SSSR count). The first-order valence-corrected chi connectivity index (χ1v) is 9.11. The first-order chi connectivity index (χ1) is 11.4. The Hall–Kier alpha value is -2.04. The van der Waals surface area contributed by atoms with Gasteiger partial charge in [-0.25, -0.2) is 13.4 Å². The number of sulfonamides is 1. The number of nitro benzene ring substituents is 1. The molecule has 130 valence electrons. The number of nitrogens with one attached hydrogen (secondary N) is 1. The number of hydrogen-bond acceptors (Lipinski definition) is 6. The highest BCUT2D eigenvalue weighted by Crippen LogP contribution is 2.28. The Labute approximate surface area is 138 Å². The van der Waals surface area contributed by atoms with Crippen LogP contribution in [0.15, 0.2) is 23.4 Å². The molecule has 2 N–H and O–H groups in total. The van der Waals surface area contributed by atoms with E-state index in [-0.39, 0.29) is 23.0 Å². The predicted molar refractivity (Wildman–Crippen MR) is 85.9 cm³/mol. The van der Waals surface area contributed by atoms with Crippen LogP contribution in [0.5, 0.6) is 0 Å². The zero-order valence-electron chi connectivity index (χ0n) is 12.9. The number of para-hydroxylation sites is 1. The minimum absolute atomic E-state index is 0.0382. The Bertz CT molecular complexity index is 855. The third kappa shape index (κ3) is 2.99. The Morgan fingerprint density at radius 1 is 1.38 bits per heavy atom. The van der Waals surface area contributed by atoms with Crippen LogP contribution in [-0.2, 0) is 10.0 Å². The van der Waals surface area contributed by atoms with Crippen molar-refractivity contribution in [3.63, 3.8) is 0 Å². The molecule has 10 heteroatoms. The van der Waals surface area contributed by atoms with Gasteiger partial charge in [0.05, 0.1) is 10.4 Å². The summed E-state index contributed by atoms with van der Waals surface area (Å²) in [4.78, 5) is 17.1. The number of aromatic nitrogens is 2. The van der Waals surface area contributed by atoms with Crippen LogP contribution in [-0.4, -0.2) is 52.4 Å². The van der Waals surface area contributed by atoms with Gasteiger partial charge in [0.2, 0.25) is 5.16 Å². The average Bonchev–Trinajstić information content (AvgIpc) is 3.00. The molecule has 1 aliphatic rings. The number of aliphatic hydroxyl groups excluding tert-OH is 1. The second-order valence-electron chi connectivity index (χ2n) is 5.83. The molecule has 9 nitrogen and oxygen atoms in total. The predicted octanol–water partition coefficient (Wildman–Crippen LogP) is 1.25. The lowest BCUT2D eigenvalue weighted by molar-refractivity contribution is -0.383. The molecule has 0 spiro atoms. The van der Waals surface area contributed by atoms with Gasteiger partial charge in [0, 0.05) is 25.8 Å². The maximum atomic E-state index is 12.7. The minimum Gasteiger partial charge on any atom is -0.396 e. The van der Waals surface area contributed by atoms with E-state index < -0.39 is 14.9 Å². The third-order valence-electron chi connectivity index (χ3n) is 4.36. The van der Waals surface area contributed by atoms with Gasteiger partial charge in [-0.1, -0.05) is 6.07 Å². The first kappa shape index (κ1) is 16.8. The summed E-state index contributed by atoms with van der Waals surface area (Å²) >= 11 is 0. The molecule has 0 bridgehead atoms. The molecule has 1 fully saturated rings. The molecule has 24 heavy (non-hydrogen) atoms. The third-order valence-corrected chi connectivity index (χ3v) is 6.09. The van der Waals surface area contributed by atoms with Gasteiger partial charge >= 0.3 is 0 Å². The molecule has 2 heterocycles. The topological polar surface area (TPSA) is 129 Å². The van der Waals surface area contributed by atoms with Gasteiger partial charge < -0.3 is 10.1 Å². The lowest BCUT2D eigenvalue weighted by Crippen LogP contribution is -2.39. The van der Waals surface area contributed by atoms with E-state index >= 15 is 0 Å². The number of hydrogen-bond donors (Lipinski definition) is 2. The molecule has 1 aromatic carbocycles. The van der Waals surface area contributed by atoms with Gasteiger partial charge in [0.15, 0.2) is 5.52 Å². The summed E-state index contributed by atoms with van der Waals surface area (Å²) in [6.07, 6.45) is 2.03. The smallest absolute Gasteiger partial charge is 0.297 e. The van der Waals surface area contributed by atoms with E-state index in [9.17, 15) is 18.5 Å². The van der Waals surface area contributed by atoms with Crippen LogP contribution in [0.1, 0.15) is 19.3 Å². The largest absolute Gasteiger partial charge is 0.396 e. The van der Waals surface area contributed by atoms with Crippen molar-refractivity contribution in [2.75, 3.05) is 19.7 Å². The summed E-state index contributed by atoms with van der Waals surface area (Å²) in [7, 11) is -3.82. The van der Waals surface area contributed by atoms with Crippen molar-refractivity contribution in [2.24, 2.45) is 5.92 Å². The highest BCUT2D eigenvalue weighted by molar-refractivity contribution is 7.89. The number of piperidine rings is 1. The molecule has 0 saturated carbocycles. The van der Waals surface area contributed by atoms with Crippen molar-refractivity contribution < 1.29 is 18.4 Å². The Balaban J connectivity index is 1.89. The van der Waals surface area contributed by atoms with E-state index in [2.05, 4.69) is 9.97 Å². The Kier molecular flexibility index (Phi) is 4.52. The average molecular weight is 354 g/mol. The summed E-state index contributed by atoms with van der Waals surface area (Å²) in [6, 6.07) is 4.33. The summed E-state index contributed by atoms with van der Waals surface area (Å²) < 4.78 is 26.8. The minimum atomic E-state index is -3.82. The van der Waals surface area contributed by atoms with Crippen LogP contribution < -0.4 is 0 Å². The molecule has 0 unspecified atom stereocenters. The number of nitrogens with zero attached hydrogens (tertiary/aromatic N) is 3. The zero-order valence-corrected chi connectivity index (χ0v) is 13.7. The number of aromatic amines is 1.